The number of benzene rings is 1. The van der Waals surface area contributed by atoms with Gasteiger partial charge in [-0.3, -0.25) is 0 Å². The zero-order valence-corrected chi connectivity index (χ0v) is 13.9. The largest absolute Gasteiger partial charge is 0.494 e. The molecule has 0 aromatic heterocycles. The fraction of sp³-hybridized carbons (Fsp3) is 0.647. The van der Waals surface area contributed by atoms with E-state index in [0.29, 0.717) is 6.04 Å². The van der Waals surface area contributed by atoms with Crippen molar-refractivity contribution >= 4 is 15.9 Å². The Balaban J connectivity index is 1.87. The van der Waals surface area contributed by atoms with E-state index >= 15 is 0 Å². The molecule has 0 radical (unpaired) electrons. The van der Waals surface area contributed by atoms with Crippen LogP contribution in [0.3, 0.4) is 0 Å². The summed E-state index contributed by atoms with van der Waals surface area (Å²) in [5.41, 5.74) is 1.32. The SMILES string of the molecule is CCOc1ccc(Br)cc1C(NC)C1C2CCCCC21. The van der Waals surface area contributed by atoms with E-state index in [0.717, 1.165) is 34.6 Å². The van der Waals surface area contributed by atoms with Crippen LogP contribution in [0.2, 0.25) is 0 Å². The highest BCUT2D eigenvalue weighted by Crippen LogP contribution is 2.61. The number of ether oxygens (including phenoxy) is 1. The fourth-order valence-electron chi connectivity index (χ4n) is 4.15. The van der Waals surface area contributed by atoms with Crippen molar-refractivity contribution in [2.24, 2.45) is 17.8 Å². The van der Waals surface area contributed by atoms with Gasteiger partial charge in [0.05, 0.1) is 6.61 Å². The van der Waals surface area contributed by atoms with Crippen molar-refractivity contribution in [1.29, 1.82) is 0 Å². The van der Waals surface area contributed by atoms with Crippen LogP contribution in [0.5, 0.6) is 5.75 Å². The average molecular weight is 338 g/mol. The third kappa shape index (κ3) is 2.62. The second-order valence-corrected chi connectivity index (χ2v) is 6.99. The second kappa shape index (κ2) is 6.07. The third-order valence-electron chi connectivity index (χ3n) is 5.03. The number of nitrogens with one attached hydrogen (secondary N) is 1. The van der Waals surface area contributed by atoms with E-state index in [1.807, 2.05) is 0 Å². The Kier molecular flexibility index (Phi) is 4.37. The predicted octanol–water partition coefficient (Wildman–Crippen LogP) is 4.54. The molecule has 0 saturated heterocycles. The summed E-state index contributed by atoms with van der Waals surface area (Å²) >= 11 is 3.61. The van der Waals surface area contributed by atoms with E-state index in [4.69, 9.17) is 4.74 Å². The quantitative estimate of drug-likeness (QED) is 0.851. The molecular formula is C17H24BrNO. The maximum absolute atomic E-state index is 5.85. The molecule has 20 heavy (non-hydrogen) atoms. The summed E-state index contributed by atoms with van der Waals surface area (Å²) in [5.74, 6) is 3.72. The summed E-state index contributed by atoms with van der Waals surface area (Å²) in [6.07, 6.45) is 5.69. The highest BCUT2D eigenvalue weighted by molar-refractivity contribution is 9.10. The maximum atomic E-state index is 5.85. The zero-order chi connectivity index (χ0) is 14.1. The van der Waals surface area contributed by atoms with E-state index < -0.39 is 0 Å². The van der Waals surface area contributed by atoms with Gasteiger partial charge in [-0.2, -0.15) is 0 Å². The first-order valence-electron chi connectivity index (χ1n) is 7.85. The molecule has 2 aliphatic carbocycles. The van der Waals surface area contributed by atoms with Crippen LogP contribution in [0, 0.1) is 17.8 Å². The maximum Gasteiger partial charge on any atom is 0.124 e. The molecule has 1 aromatic rings. The number of rotatable bonds is 5. The summed E-state index contributed by atoms with van der Waals surface area (Å²) in [6.45, 7) is 2.78. The lowest BCUT2D eigenvalue weighted by atomic mass is 9.99. The highest BCUT2D eigenvalue weighted by Gasteiger charge is 2.54. The van der Waals surface area contributed by atoms with Gasteiger partial charge in [0.1, 0.15) is 5.75 Å². The van der Waals surface area contributed by atoms with Crippen LogP contribution < -0.4 is 10.1 Å². The van der Waals surface area contributed by atoms with E-state index in [1.165, 1.54) is 31.2 Å². The lowest BCUT2D eigenvalue weighted by molar-refractivity contribution is 0.328. The number of hydrogen-bond acceptors (Lipinski definition) is 2. The molecule has 0 spiro atoms. The second-order valence-electron chi connectivity index (χ2n) is 6.07. The number of hydrogen-bond donors (Lipinski definition) is 1. The first-order chi connectivity index (χ1) is 9.76. The van der Waals surface area contributed by atoms with E-state index in [2.05, 4.69) is 53.4 Å². The van der Waals surface area contributed by atoms with Crippen molar-refractivity contribution in [1.82, 2.24) is 5.32 Å². The highest BCUT2D eigenvalue weighted by atomic mass is 79.9. The molecule has 0 heterocycles. The van der Waals surface area contributed by atoms with Gasteiger partial charge in [-0.25, -0.2) is 0 Å². The smallest absolute Gasteiger partial charge is 0.124 e. The lowest BCUT2D eigenvalue weighted by Gasteiger charge is -2.21. The predicted molar refractivity (Wildman–Crippen MR) is 86.0 cm³/mol. The van der Waals surface area contributed by atoms with Gasteiger partial charge in [0.15, 0.2) is 0 Å². The van der Waals surface area contributed by atoms with Gasteiger partial charge in [0.2, 0.25) is 0 Å². The molecule has 3 heteroatoms. The Morgan fingerprint density at radius 3 is 2.60 bits per heavy atom. The van der Waals surface area contributed by atoms with Crippen LogP contribution in [-0.2, 0) is 0 Å². The molecule has 1 N–H and O–H groups in total. The topological polar surface area (TPSA) is 21.3 Å². The van der Waals surface area contributed by atoms with Crippen LogP contribution in [-0.4, -0.2) is 13.7 Å². The van der Waals surface area contributed by atoms with Crippen LogP contribution in [0.4, 0.5) is 0 Å². The molecule has 0 amide bonds. The van der Waals surface area contributed by atoms with Gasteiger partial charge in [-0.05, 0) is 62.8 Å². The van der Waals surface area contributed by atoms with Gasteiger partial charge in [-0.1, -0.05) is 28.8 Å². The van der Waals surface area contributed by atoms with Crippen molar-refractivity contribution in [3.63, 3.8) is 0 Å². The molecule has 2 fully saturated rings. The Labute approximate surface area is 130 Å². The van der Waals surface area contributed by atoms with Crippen LogP contribution in [0.1, 0.15) is 44.2 Å². The molecule has 2 saturated carbocycles. The van der Waals surface area contributed by atoms with Crippen molar-refractivity contribution < 1.29 is 4.74 Å². The van der Waals surface area contributed by atoms with E-state index in [9.17, 15) is 0 Å². The molecule has 110 valence electrons. The molecule has 3 atom stereocenters. The standard InChI is InChI=1S/C17H24BrNO/c1-3-20-15-9-8-11(18)10-14(15)17(19-2)16-12-6-4-5-7-13(12)16/h8-10,12-13,16-17,19H,3-7H2,1-2H3. The Morgan fingerprint density at radius 1 is 1.30 bits per heavy atom. The fourth-order valence-corrected chi connectivity index (χ4v) is 4.53. The molecule has 3 unspecified atom stereocenters. The lowest BCUT2D eigenvalue weighted by Crippen LogP contribution is -2.21. The molecule has 0 aliphatic heterocycles. The van der Waals surface area contributed by atoms with Gasteiger partial charge in [-0.15, -0.1) is 0 Å². The Hall–Kier alpha value is -0.540. The molecule has 3 rings (SSSR count). The zero-order valence-electron chi connectivity index (χ0n) is 12.4. The van der Waals surface area contributed by atoms with Gasteiger partial charge >= 0.3 is 0 Å². The summed E-state index contributed by atoms with van der Waals surface area (Å²) < 4.78 is 6.98. The van der Waals surface area contributed by atoms with Gasteiger partial charge in [0.25, 0.3) is 0 Å². The van der Waals surface area contributed by atoms with Crippen molar-refractivity contribution in [2.75, 3.05) is 13.7 Å². The normalized spacial score (nSPS) is 29.6. The summed E-state index contributed by atoms with van der Waals surface area (Å²) in [7, 11) is 2.09. The van der Waals surface area contributed by atoms with E-state index in [1.54, 1.807) is 0 Å². The number of halogens is 1. The van der Waals surface area contributed by atoms with Gasteiger partial charge in [0, 0.05) is 16.1 Å². The molecule has 2 nitrogen and oxygen atoms in total. The van der Waals surface area contributed by atoms with Gasteiger partial charge < -0.3 is 10.1 Å². The van der Waals surface area contributed by atoms with Crippen molar-refractivity contribution in [3.8, 4) is 5.75 Å². The first kappa shape index (κ1) is 14.4. The average Bonchev–Trinajstić information content (AvgIpc) is 3.17. The first-order valence-corrected chi connectivity index (χ1v) is 8.65. The molecular weight excluding hydrogens is 314 g/mol. The minimum absolute atomic E-state index is 0.433. The summed E-state index contributed by atoms with van der Waals surface area (Å²) in [5, 5.41) is 3.56. The molecule has 2 aliphatic rings. The van der Waals surface area contributed by atoms with Crippen LogP contribution >= 0.6 is 15.9 Å². The number of fused-ring (bicyclic) bond motifs is 1. The summed E-state index contributed by atoms with van der Waals surface area (Å²) in [4.78, 5) is 0. The third-order valence-corrected chi connectivity index (χ3v) is 5.52. The van der Waals surface area contributed by atoms with Crippen LogP contribution in [0.25, 0.3) is 0 Å². The van der Waals surface area contributed by atoms with Crippen LogP contribution in [0.15, 0.2) is 22.7 Å². The van der Waals surface area contributed by atoms with E-state index in [-0.39, 0.29) is 0 Å². The Bertz CT molecular complexity index is 464. The van der Waals surface area contributed by atoms with Crippen molar-refractivity contribution in [2.45, 2.75) is 38.6 Å². The minimum atomic E-state index is 0.433. The molecule has 0 bridgehead atoms. The molecule has 1 aromatic carbocycles. The monoisotopic (exact) mass is 337 g/mol. The van der Waals surface area contributed by atoms with Crippen molar-refractivity contribution in [3.05, 3.63) is 28.2 Å². The summed E-state index contributed by atoms with van der Waals surface area (Å²) in [6, 6.07) is 6.83. The minimum Gasteiger partial charge on any atom is -0.494 e. The Morgan fingerprint density at radius 2 is 2.00 bits per heavy atom.